The van der Waals surface area contributed by atoms with E-state index in [9.17, 15) is 4.79 Å². The molecule has 0 spiro atoms. The monoisotopic (exact) mass is 433 g/mol. The summed E-state index contributed by atoms with van der Waals surface area (Å²) in [5.41, 5.74) is 7.58. The first-order chi connectivity index (χ1) is 13.0. The number of hydrogen-bond acceptors (Lipinski definition) is 6. The quantitative estimate of drug-likeness (QED) is 0.420. The molecule has 1 aliphatic rings. The van der Waals surface area contributed by atoms with Gasteiger partial charge in [-0.05, 0) is 64.8 Å². The molecule has 0 bridgehead atoms. The number of rotatable bonds is 6. The third kappa shape index (κ3) is 4.19. The number of ketones is 1. The number of hydrogen-bond donors (Lipinski definition) is 1. The van der Waals surface area contributed by atoms with Crippen LogP contribution in [0, 0.1) is 0 Å². The molecule has 2 aromatic rings. The summed E-state index contributed by atoms with van der Waals surface area (Å²) in [6.45, 7) is 3.32. The second-order valence-corrected chi connectivity index (χ2v) is 6.61. The van der Waals surface area contributed by atoms with E-state index in [4.69, 9.17) is 24.7 Å². The highest BCUT2D eigenvalue weighted by Gasteiger charge is 2.19. The van der Waals surface area contributed by atoms with Gasteiger partial charge in [-0.3, -0.25) is 4.79 Å². The third-order valence-electron chi connectivity index (χ3n) is 3.93. The highest BCUT2D eigenvalue weighted by molar-refractivity contribution is 9.12. The molecule has 0 fully saturated rings. The maximum atomic E-state index is 12.7. The van der Waals surface area contributed by atoms with E-state index in [0.717, 1.165) is 5.56 Å². The summed E-state index contributed by atoms with van der Waals surface area (Å²) in [7, 11) is 1.56. The molecular weight excluding hydrogens is 414 g/mol. The van der Waals surface area contributed by atoms with E-state index in [1.54, 1.807) is 43.5 Å². The van der Waals surface area contributed by atoms with E-state index >= 15 is 0 Å². The van der Waals surface area contributed by atoms with Crippen LogP contribution in [0.4, 0.5) is 5.69 Å². The van der Waals surface area contributed by atoms with Gasteiger partial charge in [0, 0.05) is 5.56 Å². The minimum atomic E-state index is -0.196. The Balaban J connectivity index is 1.89. The van der Waals surface area contributed by atoms with Crippen LogP contribution in [0.2, 0.25) is 0 Å². The van der Waals surface area contributed by atoms with E-state index in [0.29, 0.717) is 58.6 Å². The van der Waals surface area contributed by atoms with Crippen LogP contribution in [-0.2, 0) is 0 Å². The first-order valence-electron chi connectivity index (χ1n) is 8.45. The molecule has 3 rings (SSSR count). The number of nitrogen functional groups attached to an aromatic ring is 1. The van der Waals surface area contributed by atoms with Crippen molar-refractivity contribution in [3.63, 3.8) is 0 Å². The average molecular weight is 434 g/mol. The first kappa shape index (κ1) is 19.1. The summed E-state index contributed by atoms with van der Waals surface area (Å²) in [4.78, 5) is 12.7. The minimum absolute atomic E-state index is 0.196. The lowest BCUT2D eigenvalue weighted by molar-refractivity contribution is 0.104. The van der Waals surface area contributed by atoms with E-state index in [-0.39, 0.29) is 5.78 Å². The van der Waals surface area contributed by atoms with Crippen molar-refractivity contribution in [3.8, 4) is 23.0 Å². The molecule has 0 radical (unpaired) electrons. The Kier molecular flexibility index (Phi) is 5.91. The molecule has 2 aromatic carbocycles. The van der Waals surface area contributed by atoms with Gasteiger partial charge in [-0.15, -0.1) is 0 Å². The predicted molar refractivity (Wildman–Crippen MR) is 107 cm³/mol. The molecule has 7 heteroatoms. The van der Waals surface area contributed by atoms with Crippen molar-refractivity contribution in [2.45, 2.75) is 6.92 Å². The Morgan fingerprint density at radius 3 is 2.70 bits per heavy atom. The molecule has 1 aliphatic heterocycles. The van der Waals surface area contributed by atoms with Gasteiger partial charge in [0.05, 0.1) is 23.9 Å². The van der Waals surface area contributed by atoms with Crippen molar-refractivity contribution >= 4 is 33.5 Å². The maximum Gasteiger partial charge on any atom is 0.203 e. The number of carbonyl (C=O) groups is 1. The van der Waals surface area contributed by atoms with Crippen LogP contribution in [0.5, 0.6) is 23.0 Å². The van der Waals surface area contributed by atoms with Gasteiger partial charge in [0.15, 0.2) is 17.3 Å². The fourth-order valence-corrected chi connectivity index (χ4v) is 3.20. The summed E-state index contributed by atoms with van der Waals surface area (Å²) in [5, 5.41) is 0. The van der Waals surface area contributed by atoms with Crippen LogP contribution < -0.4 is 24.7 Å². The van der Waals surface area contributed by atoms with Gasteiger partial charge >= 0.3 is 0 Å². The highest BCUT2D eigenvalue weighted by Crippen LogP contribution is 2.41. The summed E-state index contributed by atoms with van der Waals surface area (Å²) in [6.07, 6.45) is 1.70. The van der Waals surface area contributed by atoms with Crippen LogP contribution in [0.1, 0.15) is 22.8 Å². The highest BCUT2D eigenvalue weighted by atomic mass is 79.9. The van der Waals surface area contributed by atoms with Crippen molar-refractivity contribution in [1.29, 1.82) is 0 Å². The lowest BCUT2D eigenvalue weighted by Gasteiger charge is -2.21. The maximum absolute atomic E-state index is 12.7. The van der Waals surface area contributed by atoms with E-state index in [1.165, 1.54) is 0 Å². The van der Waals surface area contributed by atoms with E-state index in [2.05, 4.69) is 15.9 Å². The topological polar surface area (TPSA) is 80.0 Å². The van der Waals surface area contributed by atoms with Crippen LogP contribution >= 0.6 is 15.9 Å². The number of ether oxygens (including phenoxy) is 4. The normalized spacial score (nSPS) is 13.2. The van der Waals surface area contributed by atoms with Crippen LogP contribution in [0.25, 0.3) is 6.08 Å². The van der Waals surface area contributed by atoms with Crippen LogP contribution in [-0.4, -0.2) is 32.7 Å². The zero-order chi connectivity index (χ0) is 19.4. The third-order valence-corrected chi connectivity index (χ3v) is 4.52. The summed E-state index contributed by atoms with van der Waals surface area (Å²) in [6, 6.07) is 8.57. The fourth-order valence-electron chi connectivity index (χ4n) is 2.70. The molecule has 2 N–H and O–H groups in total. The number of anilines is 1. The fraction of sp³-hybridized carbons (Fsp3) is 0.250. The molecule has 0 amide bonds. The molecule has 0 aliphatic carbocycles. The Labute approximate surface area is 166 Å². The first-order valence-corrected chi connectivity index (χ1v) is 9.24. The number of benzene rings is 2. The van der Waals surface area contributed by atoms with Gasteiger partial charge in [-0.2, -0.15) is 0 Å². The second-order valence-electron chi connectivity index (χ2n) is 5.75. The standard InChI is InChI=1S/C20H20BrNO5/c1-3-25-16-5-4-13(11-15(16)22)19(23)14(21)8-12-9-17(24-2)20-18(10-12)26-6-7-27-20/h4-5,8-11H,3,6-7,22H2,1-2H3. The number of Topliss-reactive ketones (excluding diaryl/α,β-unsaturated/α-hetero) is 1. The molecule has 0 atom stereocenters. The molecule has 1 heterocycles. The molecule has 6 nitrogen and oxygen atoms in total. The SMILES string of the molecule is CCOc1ccc(C(=O)C(Br)=Cc2cc(OC)c3c(c2)OCCO3)cc1N. The number of fused-ring (bicyclic) bond motifs is 1. The molecule has 0 saturated heterocycles. The number of allylic oxidation sites excluding steroid dienone is 1. The van der Waals surface area contributed by atoms with Gasteiger partial charge in [0.25, 0.3) is 0 Å². The van der Waals surface area contributed by atoms with Gasteiger partial charge in [-0.1, -0.05) is 0 Å². The Morgan fingerprint density at radius 2 is 2.00 bits per heavy atom. The lowest BCUT2D eigenvalue weighted by atomic mass is 10.1. The number of halogens is 1. The minimum Gasteiger partial charge on any atom is -0.493 e. The largest absolute Gasteiger partial charge is 0.493 e. The summed E-state index contributed by atoms with van der Waals surface area (Å²) < 4.78 is 22.4. The molecule has 142 valence electrons. The Bertz CT molecular complexity index is 877. The zero-order valence-electron chi connectivity index (χ0n) is 15.1. The summed E-state index contributed by atoms with van der Waals surface area (Å²) in [5.74, 6) is 2.08. The Morgan fingerprint density at radius 1 is 1.22 bits per heavy atom. The molecule has 0 saturated carbocycles. The van der Waals surface area contributed by atoms with Crippen molar-refractivity contribution in [1.82, 2.24) is 0 Å². The van der Waals surface area contributed by atoms with E-state index in [1.807, 2.05) is 6.92 Å². The molecule has 0 aromatic heterocycles. The van der Waals surface area contributed by atoms with Crippen LogP contribution in [0.15, 0.2) is 34.8 Å². The average Bonchev–Trinajstić information content (AvgIpc) is 2.68. The predicted octanol–water partition coefficient (Wildman–Crippen LogP) is 4.07. The number of carbonyl (C=O) groups excluding carboxylic acids is 1. The van der Waals surface area contributed by atoms with Gasteiger partial charge in [0.1, 0.15) is 19.0 Å². The zero-order valence-corrected chi connectivity index (χ0v) is 16.7. The van der Waals surface area contributed by atoms with Gasteiger partial charge in [-0.25, -0.2) is 0 Å². The van der Waals surface area contributed by atoms with E-state index < -0.39 is 0 Å². The molecule has 27 heavy (non-hydrogen) atoms. The van der Waals surface area contributed by atoms with Gasteiger partial charge in [0.2, 0.25) is 5.75 Å². The number of methoxy groups -OCH3 is 1. The molecular formula is C20H20BrNO5. The van der Waals surface area contributed by atoms with Crippen LogP contribution in [0.3, 0.4) is 0 Å². The summed E-state index contributed by atoms with van der Waals surface area (Å²) >= 11 is 3.36. The van der Waals surface area contributed by atoms with Crippen molar-refractivity contribution in [3.05, 3.63) is 45.9 Å². The molecule has 0 unspecified atom stereocenters. The number of nitrogens with two attached hydrogens (primary N) is 1. The van der Waals surface area contributed by atoms with Crippen molar-refractivity contribution in [2.75, 3.05) is 32.7 Å². The second kappa shape index (κ2) is 8.35. The van der Waals surface area contributed by atoms with Crippen molar-refractivity contribution < 1.29 is 23.7 Å². The smallest absolute Gasteiger partial charge is 0.203 e. The Hall–Kier alpha value is -2.67. The van der Waals surface area contributed by atoms with Gasteiger partial charge < -0.3 is 24.7 Å². The lowest BCUT2D eigenvalue weighted by Crippen LogP contribution is -2.16. The van der Waals surface area contributed by atoms with Crippen molar-refractivity contribution in [2.24, 2.45) is 0 Å².